The summed E-state index contributed by atoms with van der Waals surface area (Å²) in [7, 11) is 2.20. The smallest absolute Gasteiger partial charge is 0.253 e. The summed E-state index contributed by atoms with van der Waals surface area (Å²) in [6.45, 7) is 10.9. The Bertz CT molecular complexity index is 575. The standard InChI is InChI=1S/C20H32N4O/c1-4-19-15-18(5-8-21-19)20(25)24-9-6-17(7-10-24)16(2)23-13-11-22(3)12-14-23/h5,8,15-17H,4,6-7,9-14H2,1-3H3. The Labute approximate surface area is 152 Å². The van der Waals surface area contributed by atoms with Crippen molar-refractivity contribution in [2.45, 2.75) is 39.2 Å². The number of likely N-dealkylation sites (N-methyl/N-ethyl adjacent to an activating group) is 1. The van der Waals surface area contributed by atoms with Crippen molar-refractivity contribution in [2.75, 3.05) is 46.3 Å². The zero-order chi connectivity index (χ0) is 17.8. The van der Waals surface area contributed by atoms with Crippen LogP contribution in [0, 0.1) is 5.92 Å². The SMILES string of the molecule is CCc1cc(C(=O)N2CCC(C(C)N3CCN(C)CC3)CC2)ccn1. The number of likely N-dealkylation sites (tertiary alicyclic amines) is 1. The summed E-state index contributed by atoms with van der Waals surface area (Å²) in [6, 6.07) is 4.42. The maximum absolute atomic E-state index is 12.8. The van der Waals surface area contributed by atoms with Gasteiger partial charge in [-0.05, 0) is 51.3 Å². The van der Waals surface area contributed by atoms with Crippen LogP contribution in [0.5, 0.6) is 0 Å². The Morgan fingerprint density at radius 1 is 1.20 bits per heavy atom. The van der Waals surface area contributed by atoms with E-state index in [2.05, 4.69) is 35.7 Å². The Balaban J connectivity index is 1.53. The van der Waals surface area contributed by atoms with Crippen molar-refractivity contribution < 1.29 is 4.79 Å². The molecule has 0 radical (unpaired) electrons. The first-order valence-corrected chi connectivity index (χ1v) is 9.75. The normalized spacial score (nSPS) is 22.1. The minimum atomic E-state index is 0.169. The molecule has 1 aromatic heterocycles. The molecule has 5 nitrogen and oxygen atoms in total. The Kier molecular flexibility index (Phi) is 6.07. The van der Waals surface area contributed by atoms with E-state index in [1.165, 1.54) is 26.2 Å². The van der Waals surface area contributed by atoms with Crippen LogP contribution in [0.25, 0.3) is 0 Å². The number of nitrogens with zero attached hydrogens (tertiary/aromatic N) is 4. The monoisotopic (exact) mass is 344 g/mol. The molecule has 0 spiro atoms. The average molecular weight is 345 g/mol. The predicted molar refractivity (Wildman–Crippen MR) is 101 cm³/mol. The summed E-state index contributed by atoms with van der Waals surface area (Å²) in [5.74, 6) is 0.874. The van der Waals surface area contributed by atoms with E-state index in [0.717, 1.165) is 43.6 Å². The average Bonchev–Trinajstić information content (AvgIpc) is 2.67. The molecule has 1 amide bonds. The Morgan fingerprint density at radius 3 is 2.52 bits per heavy atom. The second kappa shape index (κ2) is 8.28. The molecule has 138 valence electrons. The fraction of sp³-hybridized carbons (Fsp3) is 0.700. The van der Waals surface area contributed by atoms with Gasteiger partial charge < -0.3 is 9.80 Å². The third kappa shape index (κ3) is 4.39. The zero-order valence-corrected chi connectivity index (χ0v) is 15.9. The number of carbonyl (C=O) groups excluding carboxylic acids is 1. The second-order valence-electron chi connectivity index (χ2n) is 7.60. The summed E-state index contributed by atoms with van der Waals surface area (Å²) in [6.07, 6.45) is 4.86. The van der Waals surface area contributed by atoms with Crippen molar-refractivity contribution in [1.29, 1.82) is 0 Å². The number of rotatable bonds is 4. The van der Waals surface area contributed by atoms with Gasteiger partial charge in [-0.15, -0.1) is 0 Å². The van der Waals surface area contributed by atoms with Crippen LogP contribution in [0.1, 0.15) is 42.7 Å². The van der Waals surface area contributed by atoms with Crippen LogP contribution >= 0.6 is 0 Å². The van der Waals surface area contributed by atoms with Gasteiger partial charge in [0, 0.05) is 62.8 Å². The number of carbonyl (C=O) groups is 1. The fourth-order valence-corrected chi connectivity index (χ4v) is 4.10. The van der Waals surface area contributed by atoms with Gasteiger partial charge in [-0.1, -0.05) is 6.92 Å². The third-order valence-corrected chi connectivity index (χ3v) is 6.05. The molecule has 0 aromatic carbocycles. The van der Waals surface area contributed by atoms with Gasteiger partial charge in [0.1, 0.15) is 0 Å². The number of aryl methyl sites for hydroxylation is 1. The van der Waals surface area contributed by atoms with Gasteiger partial charge in [0.2, 0.25) is 0 Å². The number of hydrogen-bond acceptors (Lipinski definition) is 4. The van der Waals surface area contributed by atoms with Crippen molar-refractivity contribution in [2.24, 2.45) is 5.92 Å². The quantitative estimate of drug-likeness (QED) is 0.839. The van der Waals surface area contributed by atoms with Crippen molar-refractivity contribution >= 4 is 5.91 Å². The van der Waals surface area contributed by atoms with Crippen molar-refractivity contribution in [3.05, 3.63) is 29.6 Å². The molecule has 1 aromatic rings. The first kappa shape index (κ1) is 18.3. The van der Waals surface area contributed by atoms with E-state index in [9.17, 15) is 4.79 Å². The van der Waals surface area contributed by atoms with Gasteiger partial charge in [-0.2, -0.15) is 0 Å². The van der Waals surface area contributed by atoms with Crippen LogP contribution in [0.15, 0.2) is 18.3 Å². The summed E-state index contributed by atoms with van der Waals surface area (Å²) in [4.78, 5) is 24.1. The number of aromatic nitrogens is 1. The highest BCUT2D eigenvalue weighted by Crippen LogP contribution is 2.25. The lowest BCUT2D eigenvalue weighted by molar-refractivity contribution is 0.0500. The molecule has 1 atom stereocenters. The summed E-state index contributed by atoms with van der Waals surface area (Å²) in [5.41, 5.74) is 1.78. The van der Waals surface area contributed by atoms with Gasteiger partial charge in [-0.3, -0.25) is 14.7 Å². The molecule has 5 heteroatoms. The van der Waals surface area contributed by atoms with Crippen molar-refractivity contribution in [3.63, 3.8) is 0 Å². The van der Waals surface area contributed by atoms with Crippen LogP contribution < -0.4 is 0 Å². The number of hydrogen-bond donors (Lipinski definition) is 0. The lowest BCUT2D eigenvalue weighted by atomic mass is 9.88. The van der Waals surface area contributed by atoms with Crippen LogP contribution in [0.4, 0.5) is 0 Å². The van der Waals surface area contributed by atoms with Gasteiger partial charge in [-0.25, -0.2) is 0 Å². The molecular weight excluding hydrogens is 312 g/mol. The van der Waals surface area contributed by atoms with E-state index in [1.807, 2.05) is 17.0 Å². The lowest BCUT2D eigenvalue weighted by Gasteiger charge is -2.42. The van der Waals surface area contributed by atoms with Crippen molar-refractivity contribution in [3.8, 4) is 0 Å². The minimum absolute atomic E-state index is 0.169. The molecule has 0 N–H and O–H groups in total. The summed E-state index contributed by atoms with van der Waals surface area (Å²) >= 11 is 0. The molecule has 2 saturated heterocycles. The van der Waals surface area contributed by atoms with E-state index in [4.69, 9.17) is 0 Å². The van der Waals surface area contributed by atoms with Gasteiger partial charge in [0.05, 0.1) is 0 Å². The lowest BCUT2D eigenvalue weighted by Crippen LogP contribution is -2.52. The highest BCUT2D eigenvalue weighted by atomic mass is 16.2. The molecule has 0 aliphatic carbocycles. The Hall–Kier alpha value is -1.46. The van der Waals surface area contributed by atoms with Crippen LogP contribution in [-0.2, 0) is 6.42 Å². The molecule has 1 unspecified atom stereocenters. The number of piperazine rings is 1. The summed E-state index contributed by atoms with van der Waals surface area (Å²) < 4.78 is 0. The maximum atomic E-state index is 12.8. The maximum Gasteiger partial charge on any atom is 0.253 e. The van der Waals surface area contributed by atoms with E-state index >= 15 is 0 Å². The number of piperidine rings is 1. The topological polar surface area (TPSA) is 39.7 Å². The van der Waals surface area contributed by atoms with E-state index in [1.54, 1.807) is 6.20 Å². The van der Waals surface area contributed by atoms with Crippen LogP contribution in [-0.4, -0.2) is 77.9 Å². The molecule has 2 fully saturated rings. The molecule has 25 heavy (non-hydrogen) atoms. The van der Waals surface area contributed by atoms with Crippen molar-refractivity contribution in [1.82, 2.24) is 19.7 Å². The highest BCUT2D eigenvalue weighted by molar-refractivity contribution is 5.94. The van der Waals surface area contributed by atoms with Gasteiger partial charge in [0.15, 0.2) is 0 Å². The van der Waals surface area contributed by atoms with E-state index in [0.29, 0.717) is 12.0 Å². The number of amides is 1. The predicted octanol–water partition coefficient (Wildman–Crippen LogP) is 2.13. The number of pyridine rings is 1. The molecular formula is C20H32N4O. The molecule has 2 aliphatic heterocycles. The molecule has 3 rings (SSSR count). The second-order valence-corrected chi connectivity index (χ2v) is 7.60. The fourth-order valence-electron chi connectivity index (χ4n) is 4.10. The van der Waals surface area contributed by atoms with Crippen LogP contribution in [0.2, 0.25) is 0 Å². The Morgan fingerprint density at radius 2 is 1.88 bits per heavy atom. The first-order valence-electron chi connectivity index (χ1n) is 9.75. The molecule has 0 bridgehead atoms. The van der Waals surface area contributed by atoms with Gasteiger partial charge >= 0.3 is 0 Å². The van der Waals surface area contributed by atoms with Gasteiger partial charge in [0.25, 0.3) is 5.91 Å². The minimum Gasteiger partial charge on any atom is -0.339 e. The largest absolute Gasteiger partial charge is 0.339 e. The third-order valence-electron chi connectivity index (χ3n) is 6.05. The molecule has 3 heterocycles. The molecule has 2 aliphatic rings. The summed E-state index contributed by atoms with van der Waals surface area (Å²) in [5, 5.41) is 0. The van der Waals surface area contributed by atoms with E-state index in [-0.39, 0.29) is 5.91 Å². The molecule has 0 saturated carbocycles. The highest BCUT2D eigenvalue weighted by Gasteiger charge is 2.30. The van der Waals surface area contributed by atoms with Crippen LogP contribution in [0.3, 0.4) is 0 Å². The van der Waals surface area contributed by atoms with E-state index < -0.39 is 0 Å². The zero-order valence-electron chi connectivity index (χ0n) is 15.9. The first-order chi connectivity index (χ1) is 12.1.